The maximum atomic E-state index is 12.9. The SMILES string of the molecule is CS(=O)(=O)c1ccc(S(=O)(=O)N2CCCc3ccccc32)cc1. The molecule has 0 unspecified atom stereocenters. The second-order valence-corrected chi connectivity index (χ2v) is 9.43. The summed E-state index contributed by atoms with van der Waals surface area (Å²) in [7, 11) is -7.05. The van der Waals surface area contributed by atoms with Crippen LogP contribution in [0.3, 0.4) is 0 Å². The first-order valence-corrected chi connectivity index (χ1v) is 10.5. The summed E-state index contributed by atoms with van der Waals surface area (Å²) in [5.41, 5.74) is 1.71. The summed E-state index contributed by atoms with van der Waals surface area (Å²) < 4.78 is 50.2. The van der Waals surface area contributed by atoms with E-state index in [1.807, 2.05) is 18.2 Å². The van der Waals surface area contributed by atoms with Crippen molar-refractivity contribution in [1.29, 1.82) is 0 Å². The van der Waals surface area contributed by atoms with E-state index in [0.717, 1.165) is 24.7 Å². The Morgan fingerprint density at radius 1 is 0.870 bits per heavy atom. The molecule has 3 rings (SSSR count). The number of hydrogen-bond acceptors (Lipinski definition) is 4. The van der Waals surface area contributed by atoms with E-state index in [-0.39, 0.29) is 9.79 Å². The van der Waals surface area contributed by atoms with Crippen LogP contribution >= 0.6 is 0 Å². The molecule has 2 aromatic carbocycles. The molecule has 0 saturated carbocycles. The highest BCUT2D eigenvalue weighted by Crippen LogP contribution is 2.31. The molecule has 0 atom stereocenters. The van der Waals surface area contributed by atoms with Crippen molar-refractivity contribution < 1.29 is 16.8 Å². The molecule has 0 saturated heterocycles. The van der Waals surface area contributed by atoms with Gasteiger partial charge in [-0.1, -0.05) is 18.2 Å². The number of sulfone groups is 1. The average molecular weight is 351 g/mol. The van der Waals surface area contributed by atoms with Gasteiger partial charge in [0, 0.05) is 12.8 Å². The molecule has 0 radical (unpaired) electrons. The van der Waals surface area contributed by atoms with Crippen molar-refractivity contribution in [2.75, 3.05) is 17.1 Å². The Morgan fingerprint density at radius 2 is 1.48 bits per heavy atom. The van der Waals surface area contributed by atoms with Gasteiger partial charge in [-0.25, -0.2) is 16.8 Å². The number of nitrogens with zero attached hydrogens (tertiary/aromatic N) is 1. The minimum Gasteiger partial charge on any atom is -0.266 e. The Kier molecular flexibility index (Phi) is 3.93. The molecular formula is C16H17NO4S2. The summed E-state index contributed by atoms with van der Waals surface area (Å²) in [6.07, 6.45) is 2.71. The van der Waals surface area contributed by atoms with Gasteiger partial charge in [-0.2, -0.15) is 0 Å². The molecule has 7 heteroatoms. The number of para-hydroxylation sites is 1. The van der Waals surface area contributed by atoms with Crippen LogP contribution in [0.4, 0.5) is 5.69 Å². The standard InChI is InChI=1S/C16H17NO4S2/c1-22(18,19)14-8-10-15(11-9-14)23(20,21)17-12-4-6-13-5-2-3-7-16(13)17/h2-3,5,7-11H,4,6,12H2,1H3. The van der Waals surface area contributed by atoms with E-state index in [9.17, 15) is 16.8 Å². The number of sulfonamides is 1. The zero-order valence-corrected chi connectivity index (χ0v) is 14.3. The molecule has 2 aromatic rings. The van der Waals surface area contributed by atoms with Gasteiger partial charge in [-0.3, -0.25) is 4.31 Å². The lowest BCUT2D eigenvalue weighted by atomic mass is 10.0. The summed E-state index contributed by atoms with van der Waals surface area (Å²) in [5.74, 6) is 0. The molecule has 0 fully saturated rings. The molecule has 0 bridgehead atoms. The van der Waals surface area contributed by atoms with Crippen molar-refractivity contribution in [3.05, 3.63) is 54.1 Å². The Bertz CT molecular complexity index is 932. The van der Waals surface area contributed by atoms with Crippen molar-refractivity contribution in [2.24, 2.45) is 0 Å². The van der Waals surface area contributed by atoms with Crippen molar-refractivity contribution >= 4 is 25.5 Å². The predicted molar refractivity (Wildman–Crippen MR) is 88.8 cm³/mol. The van der Waals surface area contributed by atoms with Crippen LogP contribution in [0.15, 0.2) is 58.3 Å². The number of benzene rings is 2. The minimum atomic E-state index is -3.70. The van der Waals surface area contributed by atoms with Crippen molar-refractivity contribution in [3.63, 3.8) is 0 Å². The monoisotopic (exact) mass is 351 g/mol. The number of rotatable bonds is 3. The van der Waals surface area contributed by atoms with Gasteiger partial charge in [0.1, 0.15) is 0 Å². The third-order valence-electron chi connectivity index (χ3n) is 3.91. The fourth-order valence-electron chi connectivity index (χ4n) is 2.73. The van der Waals surface area contributed by atoms with Gasteiger partial charge in [0.05, 0.1) is 15.5 Å². The van der Waals surface area contributed by atoms with Crippen LogP contribution < -0.4 is 4.31 Å². The molecule has 5 nitrogen and oxygen atoms in total. The summed E-state index contributed by atoms with van der Waals surface area (Å²) >= 11 is 0. The highest BCUT2D eigenvalue weighted by Gasteiger charge is 2.28. The Morgan fingerprint density at radius 3 is 2.13 bits per heavy atom. The van der Waals surface area contributed by atoms with E-state index in [2.05, 4.69) is 0 Å². The van der Waals surface area contributed by atoms with Gasteiger partial charge < -0.3 is 0 Å². The molecule has 1 aliphatic rings. The van der Waals surface area contributed by atoms with Crippen LogP contribution in [-0.4, -0.2) is 29.6 Å². The molecule has 0 amide bonds. The van der Waals surface area contributed by atoms with Crippen LogP contribution in [-0.2, 0) is 26.3 Å². The first kappa shape index (κ1) is 16.0. The van der Waals surface area contributed by atoms with Crippen LogP contribution in [0.2, 0.25) is 0 Å². The zero-order chi connectivity index (χ0) is 16.7. The molecule has 1 aliphatic heterocycles. The molecule has 0 aliphatic carbocycles. The Labute approximate surface area is 136 Å². The highest BCUT2D eigenvalue weighted by molar-refractivity contribution is 7.93. The first-order chi connectivity index (χ1) is 10.8. The summed E-state index contributed by atoms with van der Waals surface area (Å²) in [6, 6.07) is 12.8. The quantitative estimate of drug-likeness (QED) is 0.850. The molecule has 0 aromatic heterocycles. The molecule has 0 spiro atoms. The Balaban J connectivity index is 2.03. The van der Waals surface area contributed by atoms with Gasteiger partial charge >= 0.3 is 0 Å². The van der Waals surface area contributed by atoms with Gasteiger partial charge in [0.15, 0.2) is 9.84 Å². The average Bonchev–Trinajstić information content (AvgIpc) is 2.53. The smallest absolute Gasteiger partial charge is 0.264 e. The number of fused-ring (bicyclic) bond motifs is 1. The highest BCUT2D eigenvalue weighted by atomic mass is 32.2. The van der Waals surface area contributed by atoms with E-state index in [1.165, 1.54) is 28.6 Å². The zero-order valence-electron chi connectivity index (χ0n) is 12.6. The maximum absolute atomic E-state index is 12.9. The van der Waals surface area contributed by atoms with Crippen LogP contribution in [0.25, 0.3) is 0 Å². The van der Waals surface area contributed by atoms with E-state index in [4.69, 9.17) is 0 Å². The van der Waals surface area contributed by atoms with E-state index >= 15 is 0 Å². The fourth-order valence-corrected chi connectivity index (χ4v) is 4.91. The van der Waals surface area contributed by atoms with E-state index < -0.39 is 19.9 Å². The van der Waals surface area contributed by atoms with Crippen molar-refractivity contribution in [1.82, 2.24) is 0 Å². The maximum Gasteiger partial charge on any atom is 0.264 e. The molecule has 122 valence electrons. The lowest BCUT2D eigenvalue weighted by molar-refractivity contribution is 0.585. The normalized spacial score (nSPS) is 15.3. The largest absolute Gasteiger partial charge is 0.266 e. The Hall–Kier alpha value is -1.86. The number of aryl methyl sites for hydroxylation is 1. The predicted octanol–water partition coefficient (Wildman–Crippen LogP) is 2.23. The van der Waals surface area contributed by atoms with Crippen LogP contribution in [0.5, 0.6) is 0 Å². The van der Waals surface area contributed by atoms with E-state index in [1.54, 1.807) is 6.07 Å². The fraction of sp³-hybridized carbons (Fsp3) is 0.250. The second kappa shape index (κ2) is 5.65. The number of hydrogen-bond donors (Lipinski definition) is 0. The second-order valence-electron chi connectivity index (χ2n) is 5.55. The van der Waals surface area contributed by atoms with Gasteiger partial charge in [-0.05, 0) is 48.7 Å². The summed E-state index contributed by atoms with van der Waals surface area (Å²) in [5, 5.41) is 0. The lowest BCUT2D eigenvalue weighted by Crippen LogP contribution is -2.35. The van der Waals surface area contributed by atoms with Crippen molar-refractivity contribution in [2.45, 2.75) is 22.6 Å². The van der Waals surface area contributed by atoms with Gasteiger partial charge in [-0.15, -0.1) is 0 Å². The summed E-state index contributed by atoms with van der Waals surface area (Å²) in [6.45, 7) is 0.424. The van der Waals surface area contributed by atoms with E-state index in [0.29, 0.717) is 12.2 Å². The van der Waals surface area contributed by atoms with Crippen LogP contribution in [0.1, 0.15) is 12.0 Å². The lowest BCUT2D eigenvalue weighted by Gasteiger charge is -2.30. The third-order valence-corrected chi connectivity index (χ3v) is 6.86. The summed E-state index contributed by atoms with van der Waals surface area (Å²) in [4.78, 5) is 0.206. The molecule has 1 heterocycles. The molecule has 23 heavy (non-hydrogen) atoms. The first-order valence-electron chi connectivity index (χ1n) is 7.21. The van der Waals surface area contributed by atoms with Gasteiger partial charge in [0.25, 0.3) is 10.0 Å². The number of anilines is 1. The van der Waals surface area contributed by atoms with Crippen molar-refractivity contribution in [3.8, 4) is 0 Å². The van der Waals surface area contributed by atoms with Gasteiger partial charge in [0.2, 0.25) is 0 Å². The molecule has 0 N–H and O–H groups in total. The minimum absolute atomic E-state index is 0.0987. The third kappa shape index (κ3) is 2.98. The molecular weight excluding hydrogens is 334 g/mol. The van der Waals surface area contributed by atoms with Crippen LogP contribution in [0, 0.1) is 0 Å². The topological polar surface area (TPSA) is 71.5 Å².